The normalized spacial score (nSPS) is 11.2. The van der Waals surface area contributed by atoms with Gasteiger partial charge in [-0.15, -0.1) is 0 Å². The number of methoxy groups -OCH3 is 2. The highest BCUT2D eigenvalue weighted by Gasteiger charge is 2.23. The maximum absolute atomic E-state index is 11.9. The second-order valence-corrected chi connectivity index (χ2v) is 6.69. The highest BCUT2D eigenvalue weighted by Crippen LogP contribution is 2.47. The van der Waals surface area contributed by atoms with Crippen LogP contribution in [-0.2, 0) is 4.79 Å². The molecule has 1 amide bonds. The summed E-state index contributed by atoms with van der Waals surface area (Å²) in [6.45, 7) is 5.25. The van der Waals surface area contributed by atoms with Crippen LogP contribution >= 0.6 is 0 Å². The SMILES string of the molecule is COc1cc2c(NC(C)=O)c3cc(C)oc3c(-c3ccc(C)o3)c2cc1OC. The number of benzene rings is 2. The summed E-state index contributed by atoms with van der Waals surface area (Å²) in [6, 6.07) is 9.47. The second kappa shape index (κ2) is 6.64. The minimum absolute atomic E-state index is 0.169. The van der Waals surface area contributed by atoms with Crippen molar-refractivity contribution in [2.45, 2.75) is 20.8 Å². The Morgan fingerprint density at radius 3 is 2.14 bits per heavy atom. The summed E-state index contributed by atoms with van der Waals surface area (Å²) < 4.78 is 23.0. The lowest BCUT2D eigenvalue weighted by atomic mass is 9.97. The Morgan fingerprint density at radius 2 is 1.57 bits per heavy atom. The zero-order chi connectivity index (χ0) is 20.0. The van der Waals surface area contributed by atoms with Gasteiger partial charge in [0.2, 0.25) is 5.91 Å². The molecule has 6 heteroatoms. The lowest BCUT2D eigenvalue weighted by Crippen LogP contribution is -2.07. The Balaban J connectivity index is 2.23. The second-order valence-electron chi connectivity index (χ2n) is 6.69. The van der Waals surface area contributed by atoms with Crippen molar-refractivity contribution in [3.63, 3.8) is 0 Å². The van der Waals surface area contributed by atoms with Gasteiger partial charge in [-0.25, -0.2) is 0 Å². The zero-order valence-corrected chi connectivity index (χ0v) is 16.4. The van der Waals surface area contributed by atoms with Gasteiger partial charge in [0.1, 0.15) is 22.9 Å². The minimum Gasteiger partial charge on any atom is -0.493 e. The van der Waals surface area contributed by atoms with Crippen LogP contribution in [0.2, 0.25) is 0 Å². The van der Waals surface area contributed by atoms with E-state index in [2.05, 4.69) is 5.32 Å². The van der Waals surface area contributed by atoms with Crippen LogP contribution in [0, 0.1) is 13.8 Å². The summed E-state index contributed by atoms with van der Waals surface area (Å²) in [5.74, 6) is 3.20. The predicted molar refractivity (Wildman–Crippen MR) is 108 cm³/mol. The van der Waals surface area contributed by atoms with Gasteiger partial charge in [-0.05, 0) is 44.2 Å². The van der Waals surface area contributed by atoms with Gasteiger partial charge in [-0.2, -0.15) is 0 Å². The summed E-state index contributed by atoms with van der Waals surface area (Å²) in [5, 5.41) is 5.39. The van der Waals surface area contributed by atoms with Crippen LogP contribution in [0.4, 0.5) is 5.69 Å². The molecule has 2 aromatic carbocycles. The molecular weight excluding hydrogens is 358 g/mol. The average Bonchev–Trinajstić information content (AvgIpc) is 3.25. The minimum atomic E-state index is -0.169. The summed E-state index contributed by atoms with van der Waals surface area (Å²) in [4.78, 5) is 11.9. The highest BCUT2D eigenvalue weighted by molar-refractivity contribution is 6.21. The Morgan fingerprint density at radius 1 is 0.893 bits per heavy atom. The smallest absolute Gasteiger partial charge is 0.221 e. The Bertz CT molecular complexity index is 1220. The van der Waals surface area contributed by atoms with Crippen molar-refractivity contribution in [1.82, 2.24) is 0 Å². The first-order valence-electron chi connectivity index (χ1n) is 8.89. The topological polar surface area (TPSA) is 73.8 Å². The number of furan rings is 2. The third-order valence-electron chi connectivity index (χ3n) is 4.70. The molecule has 144 valence electrons. The van der Waals surface area contributed by atoms with E-state index in [9.17, 15) is 4.79 Å². The molecule has 0 aliphatic rings. The molecule has 0 spiro atoms. The maximum atomic E-state index is 11.9. The number of ether oxygens (including phenoxy) is 2. The Kier molecular flexibility index (Phi) is 4.26. The van der Waals surface area contributed by atoms with E-state index >= 15 is 0 Å². The number of aryl methyl sites for hydroxylation is 2. The molecule has 0 fully saturated rings. The van der Waals surface area contributed by atoms with E-state index in [1.54, 1.807) is 14.2 Å². The van der Waals surface area contributed by atoms with Crippen LogP contribution in [0.15, 0.2) is 39.2 Å². The first-order chi connectivity index (χ1) is 13.4. The van der Waals surface area contributed by atoms with Crippen molar-refractivity contribution in [2.24, 2.45) is 0 Å². The number of carbonyl (C=O) groups is 1. The number of hydrogen-bond donors (Lipinski definition) is 1. The molecule has 1 N–H and O–H groups in total. The molecule has 0 unspecified atom stereocenters. The predicted octanol–water partition coefficient (Wildman–Crippen LogP) is 5.44. The van der Waals surface area contributed by atoms with Gasteiger partial charge in [0, 0.05) is 23.1 Å². The zero-order valence-electron chi connectivity index (χ0n) is 16.4. The lowest BCUT2D eigenvalue weighted by Gasteiger charge is -2.16. The quantitative estimate of drug-likeness (QED) is 0.511. The van der Waals surface area contributed by atoms with Crippen molar-refractivity contribution in [1.29, 1.82) is 0 Å². The summed E-state index contributed by atoms with van der Waals surface area (Å²) >= 11 is 0. The van der Waals surface area contributed by atoms with E-state index < -0.39 is 0 Å². The van der Waals surface area contributed by atoms with Crippen LogP contribution in [-0.4, -0.2) is 20.1 Å². The Hall–Kier alpha value is -3.41. The molecule has 4 rings (SSSR count). The van der Waals surface area contributed by atoms with E-state index in [4.69, 9.17) is 18.3 Å². The molecule has 0 aliphatic heterocycles. The number of fused-ring (bicyclic) bond motifs is 2. The molecule has 0 saturated carbocycles. The van der Waals surface area contributed by atoms with E-state index in [1.807, 2.05) is 44.2 Å². The van der Waals surface area contributed by atoms with Gasteiger partial charge in [0.05, 0.1) is 25.5 Å². The number of amides is 1. The first-order valence-corrected chi connectivity index (χ1v) is 8.89. The fraction of sp³-hybridized carbons (Fsp3) is 0.227. The third kappa shape index (κ3) is 2.78. The number of nitrogens with one attached hydrogen (secondary N) is 1. The summed E-state index contributed by atoms with van der Waals surface area (Å²) in [6.07, 6.45) is 0. The molecule has 2 aromatic heterocycles. The average molecular weight is 379 g/mol. The largest absolute Gasteiger partial charge is 0.493 e. The number of hydrogen-bond acceptors (Lipinski definition) is 5. The molecule has 4 aromatic rings. The molecule has 0 aliphatic carbocycles. The van der Waals surface area contributed by atoms with E-state index in [0.717, 1.165) is 33.2 Å². The van der Waals surface area contributed by atoms with Crippen LogP contribution in [0.3, 0.4) is 0 Å². The van der Waals surface area contributed by atoms with Gasteiger partial charge in [-0.3, -0.25) is 4.79 Å². The van der Waals surface area contributed by atoms with Crippen molar-refractivity contribution in [2.75, 3.05) is 19.5 Å². The summed E-state index contributed by atoms with van der Waals surface area (Å²) in [7, 11) is 3.17. The van der Waals surface area contributed by atoms with Crippen molar-refractivity contribution >= 4 is 33.3 Å². The van der Waals surface area contributed by atoms with Gasteiger partial charge in [0.15, 0.2) is 11.5 Å². The molecule has 2 heterocycles. The van der Waals surface area contributed by atoms with E-state index in [-0.39, 0.29) is 5.91 Å². The van der Waals surface area contributed by atoms with Gasteiger partial charge >= 0.3 is 0 Å². The Labute approximate surface area is 162 Å². The van der Waals surface area contributed by atoms with Crippen LogP contribution < -0.4 is 14.8 Å². The van der Waals surface area contributed by atoms with Crippen LogP contribution in [0.25, 0.3) is 33.1 Å². The van der Waals surface area contributed by atoms with Crippen molar-refractivity contribution in [3.05, 3.63) is 41.9 Å². The molecule has 28 heavy (non-hydrogen) atoms. The number of anilines is 1. The fourth-order valence-electron chi connectivity index (χ4n) is 3.57. The number of rotatable bonds is 4. The molecule has 0 radical (unpaired) electrons. The first kappa shape index (κ1) is 18.0. The molecule has 0 atom stereocenters. The number of carbonyl (C=O) groups excluding carboxylic acids is 1. The van der Waals surface area contributed by atoms with Crippen LogP contribution in [0.1, 0.15) is 18.4 Å². The molecule has 6 nitrogen and oxygen atoms in total. The van der Waals surface area contributed by atoms with Crippen molar-refractivity contribution < 1.29 is 23.1 Å². The standard InChI is InChI=1S/C22H21NO5/c1-11-6-7-17(27-11)20-14-9-18(25-4)19(26-5)10-15(14)21(23-13(3)24)16-8-12(2)28-22(16)20/h6-10H,1-5H3,(H,23,24). The monoisotopic (exact) mass is 379 g/mol. The molecule has 0 saturated heterocycles. The maximum Gasteiger partial charge on any atom is 0.221 e. The van der Waals surface area contributed by atoms with Gasteiger partial charge < -0.3 is 23.6 Å². The van der Waals surface area contributed by atoms with Crippen LogP contribution in [0.5, 0.6) is 11.5 Å². The molecule has 0 bridgehead atoms. The third-order valence-corrected chi connectivity index (χ3v) is 4.70. The van der Waals surface area contributed by atoms with Crippen molar-refractivity contribution in [3.8, 4) is 22.8 Å². The van der Waals surface area contributed by atoms with Gasteiger partial charge in [0.25, 0.3) is 0 Å². The summed E-state index contributed by atoms with van der Waals surface area (Å²) in [5.41, 5.74) is 2.12. The highest BCUT2D eigenvalue weighted by atomic mass is 16.5. The van der Waals surface area contributed by atoms with Gasteiger partial charge in [-0.1, -0.05) is 0 Å². The van der Waals surface area contributed by atoms with E-state index in [0.29, 0.717) is 28.5 Å². The lowest BCUT2D eigenvalue weighted by molar-refractivity contribution is -0.114. The molecular formula is C22H21NO5. The fourth-order valence-corrected chi connectivity index (χ4v) is 3.57. The van der Waals surface area contributed by atoms with E-state index in [1.165, 1.54) is 6.92 Å².